The predicted molar refractivity (Wildman–Crippen MR) is 70.5 cm³/mol. The summed E-state index contributed by atoms with van der Waals surface area (Å²) in [4.78, 5) is 11.8. The number of rotatable bonds is 7. The molecule has 1 saturated carbocycles. The maximum Gasteiger partial charge on any atom is 0.236 e. The molecule has 5 nitrogen and oxygen atoms in total. The molecule has 1 amide bonds. The van der Waals surface area contributed by atoms with E-state index in [0.29, 0.717) is 25.3 Å². The molecular weight excluding hydrogens is 232 g/mol. The molecule has 1 unspecified atom stereocenters. The Morgan fingerprint density at radius 1 is 1.28 bits per heavy atom. The van der Waals surface area contributed by atoms with Crippen molar-refractivity contribution in [1.29, 1.82) is 0 Å². The third kappa shape index (κ3) is 5.33. The lowest BCUT2D eigenvalue weighted by atomic mass is 9.92. The largest absolute Gasteiger partial charge is 0.383 e. The van der Waals surface area contributed by atoms with E-state index in [9.17, 15) is 4.79 Å². The van der Waals surface area contributed by atoms with Crippen LogP contribution in [0.4, 0.5) is 0 Å². The Kier molecular flexibility index (Phi) is 7.23. The zero-order valence-corrected chi connectivity index (χ0v) is 11.7. The van der Waals surface area contributed by atoms with Crippen LogP contribution in [0.25, 0.3) is 0 Å². The lowest BCUT2D eigenvalue weighted by Gasteiger charge is -2.30. The number of hydrogen-bond acceptors (Lipinski definition) is 4. The molecule has 106 valence electrons. The zero-order valence-electron chi connectivity index (χ0n) is 11.7. The van der Waals surface area contributed by atoms with Gasteiger partial charge in [-0.3, -0.25) is 4.79 Å². The van der Waals surface area contributed by atoms with Gasteiger partial charge >= 0.3 is 0 Å². The van der Waals surface area contributed by atoms with Crippen molar-refractivity contribution in [3.05, 3.63) is 0 Å². The molecule has 18 heavy (non-hydrogen) atoms. The molecule has 0 aromatic rings. The molecule has 5 heteroatoms. The van der Waals surface area contributed by atoms with Crippen molar-refractivity contribution in [3.63, 3.8) is 0 Å². The van der Waals surface area contributed by atoms with Gasteiger partial charge in [0.25, 0.3) is 0 Å². The number of amides is 1. The van der Waals surface area contributed by atoms with Crippen molar-refractivity contribution in [2.45, 2.75) is 50.8 Å². The van der Waals surface area contributed by atoms with Gasteiger partial charge in [0.15, 0.2) is 0 Å². The first-order valence-electron chi connectivity index (χ1n) is 6.72. The van der Waals surface area contributed by atoms with Crippen LogP contribution in [0.5, 0.6) is 0 Å². The molecule has 0 aromatic carbocycles. The van der Waals surface area contributed by atoms with Crippen molar-refractivity contribution in [2.24, 2.45) is 0 Å². The number of carbonyl (C=O) groups is 1. The second kappa shape index (κ2) is 8.45. The van der Waals surface area contributed by atoms with Crippen LogP contribution in [0.15, 0.2) is 0 Å². The Morgan fingerprint density at radius 2 is 1.94 bits per heavy atom. The van der Waals surface area contributed by atoms with E-state index in [1.165, 1.54) is 0 Å². The normalized spacial score (nSPS) is 25.7. The predicted octanol–water partition coefficient (Wildman–Crippen LogP) is 0.685. The first kappa shape index (κ1) is 15.4. The van der Waals surface area contributed by atoms with Gasteiger partial charge in [-0.15, -0.1) is 0 Å². The summed E-state index contributed by atoms with van der Waals surface area (Å²) in [7, 11) is 3.40. The monoisotopic (exact) mass is 258 g/mol. The summed E-state index contributed by atoms with van der Waals surface area (Å²) in [5, 5.41) is 6.22. The van der Waals surface area contributed by atoms with Crippen LogP contribution in [0.3, 0.4) is 0 Å². The summed E-state index contributed by atoms with van der Waals surface area (Å²) in [5.74, 6) is 0.0425. The van der Waals surface area contributed by atoms with Gasteiger partial charge in [0.05, 0.1) is 18.8 Å². The van der Waals surface area contributed by atoms with Crippen LogP contribution in [0, 0.1) is 0 Å². The highest BCUT2D eigenvalue weighted by atomic mass is 16.5. The smallest absolute Gasteiger partial charge is 0.236 e. The quantitative estimate of drug-likeness (QED) is 0.660. The standard InChI is InChI=1S/C13H26N2O3/c1-10(13(16)14-8-9-17-2)15-11-4-6-12(18-3)7-5-11/h10-12,15H,4-9H2,1-3H3,(H,14,16). The molecule has 1 aliphatic rings. The van der Waals surface area contributed by atoms with Crippen LogP contribution in [-0.4, -0.2) is 51.5 Å². The third-order valence-corrected chi connectivity index (χ3v) is 3.49. The number of methoxy groups -OCH3 is 2. The van der Waals surface area contributed by atoms with Crippen LogP contribution < -0.4 is 10.6 Å². The summed E-state index contributed by atoms with van der Waals surface area (Å²) in [6, 6.07) is 0.283. The van der Waals surface area contributed by atoms with Gasteiger partial charge in [0.1, 0.15) is 0 Å². The third-order valence-electron chi connectivity index (χ3n) is 3.49. The van der Waals surface area contributed by atoms with Gasteiger partial charge in [0, 0.05) is 26.8 Å². The Bertz CT molecular complexity index is 240. The minimum Gasteiger partial charge on any atom is -0.383 e. The highest BCUT2D eigenvalue weighted by molar-refractivity contribution is 5.81. The minimum absolute atomic E-state index is 0.0425. The molecule has 0 aliphatic heterocycles. The van der Waals surface area contributed by atoms with Crippen LogP contribution >= 0.6 is 0 Å². The fourth-order valence-corrected chi connectivity index (χ4v) is 2.32. The number of carbonyl (C=O) groups excluding carboxylic acids is 1. The molecule has 1 aliphatic carbocycles. The van der Waals surface area contributed by atoms with Crippen LogP contribution in [0.1, 0.15) is 32.6 Å². The van der Waals surface area contributed by atoms with E-state index in [1.54, 1.807) is 14.2 Å². The molecule has 1 fully saturated rings. The van der Waals surface area contributed by atoms with Crippen molar-refractivity contribution < 1.29 is 14.3 Å². The molecule has 1 atom stereocenters. The average Bonchev–Trinajstić information content (AvgIpc) is 2.39. The van der Waals surface area contributed by atoms with Gasteiger partial charge < -0.3 is 20.1 Å². The van der Waals surface area contributed by atoms with E-state index in [1.807, 2.05) is 6.92 Å². The summed E-state index contributed by atoms with van der Waals surface area (Å²) in [6.07, 6.45) is 4.70. The Hall–Kier alpha value is -0.650. The number of ether oxygens (including phenoxy) is 2. The van der Waals surface area contributed by atoms with E-state index in [0.717, 1.165) is 25.7 Å². The van der Waals surface area contributed by atoms with Crippen molar-refractivity contribution in [1.82, 2.24) is 10.6 Å². The van der Waals surface area contributed by atoms with E-state index in [2.05, 4.69) is 10.6 Å². The van der Waals surface area contributed by atoms with Crippen LogP contribution in [0.2, 0.25) is 0 Å². The minimum atomic E-state index is -0.147. The fraction of sp³-hybridized carbons (Fsp3) is 0.923. The van der Waals surface area contributed by atoms with Gasteiger partial charge in [-0.2, -0.15) is 0 Å². The number of nitrogens with one attached hydrogen (secondary N) is 2. The molecule has 1 rings (SSSR count). The Morgan fingerprint density at radius 3 is 2.50 bits per heavy atom. The second-order valence-electron chi connectivity index (χ2n) is 4.88. The van der Waals surface area contributed by atoms with Gasteiger partial charge in [-0.05, 0) is 32.6 Å². The molecule has 0 bridgehead atoms. The Balaban J connectivity index is 2.19. The van der Waals surface area contributed by atoms with E-state index < -0.39 is 0 Å². The van der Waals surface area contributed by atoms with Crippen LogP contribution in [-0.2, 0) is 14.3 Å². The van der Waals surface area contributed by atoms with E-state index in [-0.39, 0.29) is 11.9 Å². The SMILES string of the molecule is COCCNC(=O)C(C)NC1CCC(OC)CC1. The number of hydrogen-bond donors (Lipinski definition) is 2. The molecule has 2 N–H and O–H groups in total. The molecular formula is C13H26N2O3. The highest BCUT2D eigenvalue weighted by Crippen LogP contribution is 2.20. The van der Waals surface area contributed by atoms with E-state index in [4.69, 9.17) is 9.47 Å². The first-order chi connectivity index (χ1) is 8.67. The van der Waals surface area contributed by atoms with Crippen molar-refractivity contribution in [2.75, 3.05) is 27.4 Å². The van der Waals surface area contributed by atoms with Gasteiger partial charge in [-0.25, -0.2) is 0 Å². The molecule has 0 saturated heterocycles. The molecule has 0 spiro atoms. The summed E-state index contributed by atoms with van der Waals surface area (Å²) < 4.78 is 10.2. The van der Waals surface area contributed by atoms with Crippen molar-refractivity contribution in [3.8, 4) is 0 Å². The first-order valence-corrected chi connectivity index (χ1v) is 6.72. The lowest BCUT2D eigenvalue weighted by Crippen LogP contribution is -2.48. The fourth-order valence-electron chi connectivity index (χ4n) is 2.32. The van der Waals surface area contributed by atoms with E-state index >= 15 is 0 Å². The highest BCUT2D eigenvalue weighted by Gasteiger charge is 2.23. The van der Waals surface area contributed by atoms with Crippen molar-refractivity contribution >= 4 is 5.91 Å². The Labute approximate surface area is 110 Å². The second-order valence-corrected chi connectivity index (χ2v) is 4.88. The summed E-state index contributed by atoms with van der Waals surface area (Å²) in [6.45, 7) is 3.03. The summed E-state index contributed by atoms with van der Waals surface area (Å²) >= 11 is 0. The van der Waals surface area contributed by atoms with Gasteiger partial charge in [-0.1, -0.05) is 0 Å². The lowest BCUT2D eigenvalue weighted by molar-refractivity contribution is -0.123. The maximum absolute atomic E-state index is 11.8. The molecule has 0 aromatic heterocycles. The average molecular weight is 258 g/mol. The maximum atomic E-state index is 11.8. The molecule has 0 heterocycles. The molecule has 0 radical (unpaired) electrons. The topological polar surface area (TPSA) is 59.6 Å². The van der Waals surface area contributed by atoms with Gasteiger partial charge in [0.2, 0.25) is 5.91 Å². The zero-order chi connectivity index (χ0) is 13.4. The summed E-state index contributed by atoms with van der Waals surface area (Å²) in [5.41, 5.74) is 0.